The van der Waals surface area contributed by atoms with Crippen LogP contribution in [0.5, 0.6) is 17.2 Å². The molecule has 0 aliphatic carbocycles. The lowest BCUT2D eigenvalue weighted by Gasteiger charge is -2.33. The molecule has 2 aliphatic rings. The van der Waals surface area contributed by atoms with Gasteiger partial charge in [0.2, 0.25) is 6.79 Å². The topological polar surface area (TPSA) is 69.6 Å². The van der Waals surface area contributed by atoms with Crippen molar-refractivity contribution in [3.63, 3.8) is 0 Å². The zero-order valence-corrected chi connectivity index (χ0v) is 13.3. The van der Waals surface area contributed by atoms with Crippen LogP contribution in [-0.4, -0.2) is 75.6 Å². The van der Waals surface area contributed by atoms with Crippen molar-refractivity contribution in [1.82, 2.24) is 4.90 Å². The summed E-state index contributed by atoms with van der Waals surface area (Å²) in [5, 5.41) is 9.82. The number of aliphatic hydroxyl groups is 1. The monoisotopic (exact) mass is 325 g/mol. The molecule has 0 bridgehead atoms. The first-order valence-corrected chi connectivity index (χ1v) is 7.78. The van der Waals surface area contributed by atoms with Crippen LogP contribution in [0.25, 0.3) is 0 Å². The van der Waals surface area contributed by atoms with Gasteiger partial charge in [-0.15, -0.1) is 0 Å². The first kappa shape index (κ1) is 16.3. The summed E-state index contributed by atoms with van der Waals surface area (Å²) in [5.74, 6) is 2.18. The van der Waals surface area contributed by atoms with Gasteiger partial charge in [0, 0.05) is 32.8 Å². The number of aliphatic hydroxyl groups excluding tert-OH is 1. The number of benzene rings is 1. The number of morpholine rings is 1. The second-order valence-electron chi connectivity index (χ2n) is 5.69. The molecule has 7 heteroatoms. The first-order chi connectivity index (χ1) is 11.2. The number of rotatable bonds is 7. The van der Waals surface area contributed by atoms with Crippen molar-refractivity contribution in [2.45, 2.75) is 12.2 Å². The number of hydrogen-bond acceptors (Lipinski definition) is 7. The minimum absolute atomic E-state index is 0.0242. The van der Waals surface area contributed by atoms with Gasteiger partial charge >= 0.3 is 0 Å². The molecule has 0 spiro atoms. The number of nitrogens with zero attached hydrogens (tertiary/aromatic N) is 1. The van der Waals surface area contributed by atoms with E-state index in [4.69, 9.17) is 23.7 Å². The SMILES string of the molecule is COC[C@@H](O)CN1CCO[C@@H](COc2ccc3c(c2)OCO3)C1. The quantitative estimate of drug-likeness (QED) is 0.783. The Kier molecular flexibility index (Phi) is 5.56. The minimum atomic E-state index is -0.478. The van der Waals surface area contributed by atoms with Gasteiger partial charge < -0.3 is 28.8 Å². The lowest BCUT2D eigenvalue weighted by atomic mass is 10.2. The Hall–Kier alpha value is -1.54. The fourth-order valence-corrected chi connectivity index (χ4v) is 2.75. The standard InChI is InChI=1S/C16H23NO6/c1-19-9-12(18)7-17-4-5-20-14(8-17)10-21-13-2-3-15-16(6-13)23-11-22-15/h2-3,6,12,14,18H,4-5,7-11H2,1H3/t12-,14+/m0/s1. The second kappa shape index (κ2) is 7.83. The third-order valence-corrected chi connectivity index (χ3v) is 3.83. The molecule has 2 aliphatic heterocycles. The van der Waals surface area contributed by atoms with Gasteiger partial charge in [-0.05, 0) is 12.1 Å². The van der Waals surface area contributed by atoms with E-state index in [1.54, 1.807) is 7.11 Å². The van der Waals surface area contributed by atoms with Crippen LogP contribution in [0.15, 0.2) is 18.2 Å². The largest absolute Gasteiger partial charge is 0.491 e. The highest BCUT2D eigenvalue weighted by Gasteiger charge is 2.23. The highest BCUT2D eigenvalue weighted by atomic mass is 16.7. The van der Waals surface area contributed by atoms with E-state index in [1.165, 1.54) is 0 Å². The van der Waals surface area contributed by atoms with Crippen LogP contribution >= 0.6 is 0 Å². The molecule has 7 nitrogen and oxygen atoms in total. The van der Waals surface area contributed by atoms with Crippen molar-refractivity contribution in [3.05, 3.63) is 18.2 Å². The maximum absolute atomic E-state index is 9.82. The molecule has 0 amide bonds. The molecule has 2 atom stereocenters. The van der Waals surface area contributed by atoms with Crippen molar-refractivity contribution in [2.24, 2.45) is 0 Å². The van der Waals surface area contributed by atoms with Crippen LogP contribution in [0.3, 0.4) is 0 Å². The maximum Gasteiger partial charge on any atom is 0.231 e. The Morgan fingerprint density at radius 3 is 3.09 bits per heavy atom. The molecule has 1 fully saturated rings. The predicted octanol–water partition coefficient (Wildman–Crippen LogP) is 0.502. The minimum Gasteiger partial charge on any atom is -0.491 e. The molecule has 1 aromatic rings. The van der Waals surface area contributed by atoms with Gasteiger partial charge in [-0.2, -0.15) is 0 Å². The summed E-state index contributed by atoms with van der Waals surface area (Å²) in [5.41, 5.74) is 0. The lowest BCUT2D eigenvalue weighted by molar-refractivity contribution is -0.0626. The summed E-state index contributed by atoms with van der Waals surface area (Å²) >= 11 is 0. The molecule has 0 radical (unpaired) electrons. The molecular weight excluding hydrogens is 302 g/mol. The van der Waals surface area contributed by atoms with Gasteiger partial charge in [0.15, 0.2) is 11.5 Å². The van der Waals surface area contributed by atoms with Gasteiger partial charge in [-0.25, -0.2) is 0 Å². The molecule has 0 aromatic heterocycles. The smallest absolute Gasteiger partial charge is 0.231 e. The molecule has 0 saturated carbocycles. The lowest BCUT2D eigenvalue weighted by Crippen LogP contribution is -2.48. The van der Waals surface area contributed by atoms with Gasteiger partial charge in [0.25, 0.3) is 0 Å². The third-order valence-electron chi connectivity index (χ3n) is 3.83. The van der Waals surface area contributed by atoms with E-state index < -0.39 is 6.10 Å². The summed E-state index contributed by atoms with van der Waals surface area (Å²) in [6, 6.07) is 5.52. The van der Waals surface area contributed by atoms with Crippen LogP contribution in [0, 0.1) is 0 Å². The highest BCUT2D eigenvalue weighted by molar-refractivity contribution is 5.46. The summed E-state index contributed by atoms with van der Waals surface area (Å²) in [7, 11) is 1.59. The zero-order chi connectivity index (χ0) is 16.1. The van der Waals surface area contributed by atoms with E-state index in [-0.39, 0.29) is 12.9 Å². The number of methoxy groups -OCH3 is 1. The van der Waals surface area contributed by atoms with E-state index in [0.29, 0.717) is 32.1 Å². The average Bonchev–Trinajstić information content (AvgIpc) is 3.01. The van der Waals surface area contributed by atoms with E-state index in [2.05, 4.69) is 4.90 Å². The summed E-state index contributed by atoms with van der Waals surface area (Å²) in [4.78, 5) is 2.17. The molecule has 0 unspecified atom stereocenters. The van der Waals surface area contributed by atoms with Crippen molar-refractivity contribution < 1.29 is 28.8 Å². The molecule has 128 valence electrons. The van der Waals surface area contributed by atoms with Crippen molar-refractivity contribution in [1.29, 1.82) is 0 Å². The second-order valence-corrected chi connectivity index (χ2v) is 5.69. The van der Waals surface area contributed by atoms with E-state index >= 15 is 0 Å². The van der Waals surface area contributed by atoms with Crippen molar-refractivity contribution >= 4 is 0 Å². The Bertz CT molecular complexity index is 511. The molecule has 1 saturated heterocycles. The zero-order valence-electron chi connectivity index (χ0n) is 13.3. The molecule has 23 heavy (non-hydrogen) atoms. The average molecular weight is 325 g/mol. The Labute approximate surface area is 135 Å². The fourth-order valence-electron chi connectivity index (χ4n) is 2.75. The van der Waals surface area contributed by atoms with E-state index in [1.807, 2.05) is 18.2 Å². The van der Waals surface area contributed by atoms with Crippen LogP contribution in [0.4, 0.5) is 0 Å². The van der Waals surface area contributed by atoms with Gasteiger partial charge in [0.1, 0.15) is 18.5 Å². The molecule has 3 rings (SSSR count). The number of β-amino-alcohol motifs (C(OH)–C–C–N with tert-alkyl or cyclic N) is 1. The van der Waals surface area contributed by atoms with Crippen LogP contribution < -0.4 is 14.2 Å². The van der Waals surface area contributed by atoms with E-state index in [9.17, 15) is 5.11 Å². The van der Waals surface area contributed by atoms with Crippen molar-refractivity contribution in [3.8, 4) is 17.2 Å². The summed E-state index contributed by atoms with van der Waals surface area (Å²) < 4.78 is 27.1. The molecular formula is C16H23NO6. The van der Waals surface area contributed by atoms with Crippen LogP contribution in [0.2, 0.25) is 0 Å². The number of hydrogen-bond donors (Lipinski definition) is 1. The van der Waals surface area contributed by atoms with Crippen LogP contribution in [0.1, 0.15) is 0 Å². The first-order valence-electron chi connectivity index (χ1n) is 7.78. The van der Waals surface area contributed by atoms with Gasteiger partial charge in [-0.1, -0.05) is 0 Å². The van der Waals surface area contributed by atoms with Gasteiger partial charge in [-0.3, -0.25) is 4.90 Å². The molecule has 2 heterocycles. The summed E-state index contributed by atoms with van der Waals surface area (Å²) in [6.45, 7) is 3.80. The summed E-state index contributed by atoms with van der Waals surface area (Å²) in [6.07, 6.45) is -0.502. The molecule has 1 N–H and O–H groups in total. The fraction of sp³-hybridized carbons (Fsp3) is 0.625. The Morgan fingerprint density at radius 2 is 2.22 bits per heavy atom. The predicted molar refractivity (Wildman–Crippen MR) is 82.1 cm³/mol. The number of fused-ring (bicyclic) bond motifs is 1. The normalized spacial score (nSPS) is 22.1. The Balaban J connectivity index is 1.46. The van der Waals surface area contributed by atoms with E-state index in [0.717, 1.165) is 24.6 Å². The Morgan fingerprint density at radius 1 is 1.35 bits per heavy atom. The maximum atomic E-state index is 9.82. The third kappa shape index (κ3) is 4.48. The van der Waals surface area contributed by atoms with Gasteiger partial charge in [0.05, 0.1) is 19.3 Å². The van der Waals surface area contributed by atoms with Crippen molar-refractivity contribution in [2.75, 3.05) is 53.4 Å². The highest BCUT2D eigenvalue weighted by Crippen LogP contribution is 2.35. The molecule has 1 aromatic carbocycles. The number of ether oxygens (including phenoxy) is 5. The van der Waals surface area contributed by atoms with Crippen LogP contribution in [-0.2, 0) is 9.47 Å².